The lowest BCUT2D eigenvalue weighted by molar-refractivity contribution is 0.318. The van der Waals surface area contributed by atoms with Crippen LogP contribution >= 0.6 is 43.5 Å². The normalized spacial score (nSPS) is 11.1. The molecule has 1 aromatic carbocycles. The van der Waals surface area contributed by atoms with E-state index in [2.05, 4.69) is 49.9 Å². The second kappa shape index (κ2) is 8.52. The molecule has 1 aromatic rings. The van der Waals surface area contributed by atoms with Crippen molar-refractivity contribution in [2.24, 2.45) is 0 Å². The highest BCUT2D eigenvalue weighted by molar-refractivity contribution is 9.10. The molecule has 1 nitrogen and oxygen atoms in total. The van der Waals surface area contributed by atoms with Gasteiger partial charge in [-0.2, -0.15) is 0 Å². The lowest BCUT2D eigenvalue weighted by atomic mass is 10.2. The average molecular weight is 384 g/mol. The molecular formula is C13H18Br2ClN. The minimum atomic E-state index is 0.840. The van der Waals surface area contributed by atoms with E-state index in [1.165, 1.54) is 24.8 Å². The first-order valence-corrected chi connectivity index (χ1v) is 8.11. The van der Waals surface area contributed by atoms with Crippen LogP contribution in [-0.2, 0) is 6.54 Å². The molecule has 0 N–H and O–H groups in total. The van der Waals surface area contributed by atoms with Gasteiger partial charge in [0.25, 0.3) is 0 Å². The van der Waals surface area contributed by atoms with Gasteiger partial charge in [-0.3, -0.25) is 0 Å². The molecule has 1 rings (SSSR count). The molecule has 0 atom stereocenters. The van der Waals surface area contributed by atoms with Crippen LogP contribution < -0.4 is 0 Å². The topological polar surface area (TPSA) is 3.24 Å². The molecule has 0 aromatic heterocycles. The van der Waals surface area contributed by atoms with Gasteiger partial charge in [-0.15, -0.1) is 0 Å². The molecule has 0 unspecified atom stereocenters. The fourth-order valence-electron chi connectivity index (χ4n) is 1.67. The molecule has 0 fully saturated rings. The highest BCUT2D eigenvalue weighted by Crippen LogP contribution is 2.22. The van der Waals surface area contributed by atoms with Crippen molar-refractivity contribution in [1.29, 1.82) is 0 Å². The zero-order valence-electron chi connectivity index (χ0n) is 10.1. The first kappa shape index (κ1) is 15.5. The Morgan fingerprint density at radius 1 is 1.24 bits per heavy atom. The predicted molar refractivity (Wildman–Crippen MR) is 83.1 cm³/mol. The van der Waals surface area contributed by atoms with Crippen LogP contribution in [0.1, 0.15) is 24.8 Å². The van der Waals surface area contributed by atoms with Crippen molar-refractivity contribution in [1.82, 2.24) is 4.90 Å². The highest BCUT2D eigenvalue weighted by atomic mass is 79.9. The molecule has 0 heterocycles. The number of benzene rings is 1. The lowest BCUT2D eigenvalue weighted by Crippen LogP contribution is -2.19. The van der Waals surface area contributed by atoms with Gasteiger partial charge in [-0.05, 0) is 44.1 Å². The summed E-state index contributed by atoms with van der Waals surface area (Å²) in [5.41, 5.74) is 1.19. The van der Waals surface area contributed by atoms with E-state index in [1.54, 1.807) is 0 Å². The Kier molecular flexibility index (Phi) is 7.76. The standard InChI is InChI=1S/C13H18Br2ClN/c1-17(8-4-2-3-7-14)10-11-5-6-12(15)9-13(11)16/h5-6,9H,2-4,7-8,10H2,1H3. The molecule has 0 spiro atoms. The smallest absolute Gasteiger partial charge is 0.0462 e. The van der Waals surface area contributed by atoms with E-state index >= 15 is 0 Å². The summed E-state index contributed by atoms with van der Waals surface area (Å²) in [7, 11) is 2.15. The summed E-state index contributed by atoms with van der Waals surface area (Å²) < 4.78 is 1.03. The zero-order chi connectivity index (χ0) is 12.7. The maximum atomic E-state index is 6.19. The maximum absolute atomic E-state index is 6.19. The maximum Gasteiger partial charge on any atom is 0.0462 e. The molecule has 0 amide bonds. The Morgan fingerprint density at radius 2 is 2.00 bits per heavy atom. The average Bonchev–Trinajstić information content (AvgIpc) is 2.28. The van der Waals surface area contributed by atoms with Gasteiger partial charge < -0.3 is 4.90 Å². The van der Waals surface area contributed by atoms with Gasteiger partial charge in [0.05, 0.1) is 0 Å². The number of hydrogen-bond acceptors (Lipinski definition) is 1. The van der Waals surface area contributed by atoms with Gasteiger partial charge in [0, 0.05) is 21.4 Å². The Bertz CT molecular complexity index is 344. The molecule has 4 heteroatoms. The molecule has 0 bridgehead atoms. The molecule has 0 saturated heterocycles. The van der Waals surface area contributed by atoms with Gasteiger partial charge in [-0.25, -0.2) is 0 Å². The first-order chi connectivity index (χ1) is 8.13. The quantitative estimate of drug-likeness (QED) is 0.468. The largest absolute Gasteiger partial charge is 0.302 e. The third-order valence-electron chi connectivity index (χ3n) is 2.63. The van der Waals surface area contributed by atoms with Crippen LogP contribution in [0.4, 0.5) is 0 Å². The SMILES string of the molecule is CN(CCCCCBr)Cc1ccc(Br)cc1Cl. The van der Waals surface area contributed by atoms with Crippen molar-refractivity contribution < 1.29 is 0 Å². The third-order valence-corrected chi connectivity index (χ3v) is 4.03. The number of unbranched alkanes of at least 4 members (excludes halogenated alkanes) is 2. The molecule has 96 valence electrons. The van der Waals surface area contributed by atoms with Crippen molar-refractivity contribution in [3.8, 4) is 0 Å². The van der Waals surface area contributed by atoms with E-state index in [4.69, 9.17) is 11.6 Å². The highest BCUT2D eigenvalue weighted by Gasteiger charge is 2.04. The van der Waals surface area contributed by atoms with Gasteiger partial charge in [0.2, 0.25) is 0 Å². The van der Waals surface area contributed by atoms with Crippen LogP contribution in [0.3, 0.4) is 0 Å². The lowest BCUT2D eigenvalue weighted by Gasteiger charge is -2.17. The molecule has 0 radical (unpaired) electrons. The van der Waals surface area contributed by atoms with E-state index in [1.807, 2.05) is 12.1 Å². The van der Waals surface area contributed by atoms with E-state index in [-0.39, 0.29) is 0 Å². The summed E-state index contributed by atoms with van der Waals surface area (Å²) in [4.78, 5) is 2.32. The Labute approximate surface area is 126 Å². The summed E-state index contributed by atoms with van der Waals surface area (Å²) in [5.74, 6) is 0. The summed E-state index contributed by atoms with van der Waals surface area (Å²) in [5, 5.41) is 1.95. The van der Waals surface area contributed by atoms with E-state index in [0.29, 0.717) is 0 Å². The van der Waals surface area contributed by atoms with Crippen LogP contribution in [0.15, 0.2) is 22.7 Å². The van der Waals surface area contributed by atoms with Crippen molar-refractivity contribution in [2.45, 2.75) is 25.8 Å². The van der Waals surface area contributed by atoms with Crippen molar-refractivity contribution in [3.05, 3.63) is 33.3 Å². The second-order valence-electron chi connectivity index (χ2n) is 4.22. The Hall–Kier alpha value is 0.430. The summed E-state index contributed by atoms with van der Waals surface area (Å²) in [6, 6.07) is 6.08. The van der Waals surface area contributed by atoms with Gasteiger partial charge in [0.1, 0.15) is 0 Å². The minimum Gasteiger partial charge on any atom is -0.302 e. The first-order valence-electron chi connectivity index (χ1n) is 5.82. The van der Waals surface area contributed by atoms with E-state index < -0.39 is 0 Å². The number of rotatable bonds is 7. The van der Waals surface area contributed by atoms with Gasteiger partial charge in [-0.1, -0.05) is 55.9 Å². The minimum absolute atomic E-state index is 0.840. The van der Waals surface area contributed by atoms with Crippen LogP contribution in [0.25, 0.3) is 0 Å². The molecular weight excluding hydrogens is 365 g/mol. The Morgan fingerprint density at radius 3 is 2.65 bits per heavy atom. The van der Waals surface area contributed by atoms with Crippen LogP contribution in [0, 0.1) is 0 Å². The number of halogens is 3. The van der Waals surface area contributed by atoms with Gasteiger partial charge >= 0.3 is 0 Å². The van der Waals surface area contributed by atoms with Crippen LogP contribution in [0.5, 0.6) is 0 Å². The molecule has 0 aliphatic rings. The number of alkyl halides is 1. The summed E-state index contributed by atoms with van der Waals surface area (Å²) in [6.07, 6.45) is 3.78. The Balaban J connectivity index is 2.37. The molecule has 0 aliphatic carbocycles. The van der Waals surface area contributed by atoms with Gasteiger partial charge in [0.15, 0.2) is 0 Å². The van der Waals surface area contributed by atoms with Crippen molar-refractivity contribution in [3.63, 3.8) is 0 Å². The second-order valence-corrected chi connectivity index (χ2v) is 6.34. The molecule has 0 saturated carbocycles. The summed E-state index contributed by atoms with van der Waals surface area (Å²) in [6.45, 7) is 2.04. The fourth-order valence-corrected chi connectivity index (χ4v) is 2.80. The number of nitrogens with zero attached hydrogens (tertiary/aromatic N) is 1. The van der Waals surface area contributed by atoms with Crippen molar-refractivity contribution in [2.75, 3.05) is 18.9 Å². The van der Waals surface area contributed by atoms with E-state index in [9.17, 15) is 0 Å². The summed E-state index contributed by atoms with van der Waals surface area (Å²) >= 11 is 13.1. The fraction of sp³-hybridized carbons (Fsp3) is 0.538. The van der Waals surface area contributed by atoms with E-state index in [0.717, 1.165) is 27.9 Å². The molecule has 0 aliphatic heterocycles. The zero-order valence-corrected chi connectivity index (χ0v) is 14.0. The number of hydrogen-bond donors (Lipinski definition) is 0. The van der Waals surface area contributed by atoms with Crippen LogP contribution in [0.2, 0.25) is 5.02 Å². The predicted octanol–water partition coefficient (Wildman–Crippen LogP) is 5.10. The monoisotopic (exact) mass is 381 g/mol. The van der Waals surface area contributed by atoms with Crippen molar-refractivity contribution >= 4 is 43.5 Å². The molecule has 17 heavy (non-hydrogen) atoms. The van der Waals surface area contributed by atoms with Crippen LogP contribution in [-0.4, -0.2) is 23.8 Å². The third kappa shape index (κ3) is 6.23.